The van der Waals surface area contributed by atoms with Gasteiger partial charge in [-0.25, -0.2) is 9.07 Å². The van der Waals surface area contributed by atoms with E-state index in [1.807, 2.05) is 12.1 Å². The Morgan fingerprint density at radius 3 is 2.65 bits per heavy atom. The average molecular weight is 546 g/mol. The predicted octanol–water partition coefficient (Wildman–Crippen LogP) is 3.41. The van der Waals surface area contributed by atoms with Crippen LogP contribution >= 0.6 is 0 Å². The lowest BCUT2D eigenvalue weighted by Gasteiger charge is -2.32. The van der Waals surface area contributed by atoms with E-state index in [1.54, 1.807) is 36.4 Å². The molecule has 4 aromatic rings. The van der Waals surface area contributed by atoms with Gasteiger partial charge in [0.05, 0.1) is 11.6 Å². The Hall–Kier alpha value is -4.51. The predicted molar refractivity (Wildman–Crippen MR) is 144 cm³/mol. The lowest BCUT2D eigenvalue weighted by Crippen LogP contribution is -2.47. The summed E-state index contributed by atoms with van der Waals surface area (Å²) in [5, 5.41) is 11.2. The maximum Gasteiger partial charge on any atom is 0.249 e. The molecular weight excluding hydrogens is 517 g/mol. The van der Waals surface area contributed by atoms with Crippen molar-refractivity contribution in [3.63, 3.8) is 0 Å². The van der Waals surface area contributed by atoms with Crippen LogP contribution in [0.15, 0.2) is 66.7 Å². The Kier molecular flexibility index (Phi) is 7.28. The van der Waals surface area contributed by atoms with Crippen LogP contribution < -0.4 is 19.7 Å². The zero-order valence-electron chi connectivity index (χ0n) is 21.7. The molecule has 2 aliphatic rings. The largest absolute Gasteiger partial charge is 0.486 e. The molecule has 3 aromatic carbocycles. The normalized spacial score (nSPS) is 17.0. The number of aromatic nitrogens is 3. The Labute approximate surface area is 229 Å². The molecule has 206 valence electrons. The van der Waals surface area contributed by atoms with Crippen molar-refractivity contribution in [3.05, 3.63) is 78.1 Å². The smallest absolute Gasteiger partial charge is 0.249 e. The maximum atomic E-state index is 15.3. The van der Waals surface area contributed by atoms with Crippen molar-refractivity contribution < 1.29 is 28.2 Å². The molecule has 1 aromatic heterocycles. The van der Waals surface area contributed by atoms with Crippen LogP contribution in [0, 0.1) is 5.82 Å². The molecule has 2 atom stereocenters. The molecule has 0 bridgehead atoms. The molecule has 1 saturated heterocycles. The van der Waals surface area contributed by atoms with E-state index in [1.165, 1.54) is 27.8 Å². The minimum atomic E-state index is -1.33. The third-order valence-corrected chi connectivity index (χ3v) is 7.01. The second-order valence-corrected chi connectivity index (χ2v) is 9.63. The summed E-state index contributed by atoms with van der Waals surface area (Å²) >= 11 is 0. The molecule has 2 unspecified atom stereocenters. The fourth-order valence-corrected chi connectivity index (χ4v) is 5.07. The van der Waals surface area contributed by atoms with Gasteiger partial charge in [0.15, 0.2) is 11.5 Å². The minimum Gasteiger partial charge on any atom is -0.486 e. The van der Waals surface area contributed by atoms with Crippen LogP contribution in [-0.4, -0.2) is 59.3 Å². The highest BCUT2D eigenvalue weighted by molar-refractivity contribution is 6.01. The quantitative estimate of drug-likeness (QED) is 0.362. The van der Waals surface area contributed by atoms with E-state index < -0.39 is 23.7 Å². The van der Waals surface area contributed by atoms with Gasteiger partial charge in [0, 0.05) is 30.5 Å². The number of rotatable bonds is 8. The number of halogens is 1. The first-order chi connectivity index (χ1) is 19.6. The van der Waals surface area contributed by atoms with Crippen LogP contribution in [0.5, 0.6) is 11.5 Å². The SMILES string of the molecule is O=C(NCC1CCCO1)C(c1ccccc1F)N(C(=O)Cn1nnc2ccccc21)c1ccc2c(c1)OCCO2. The first kappa shape index (κ1) is 25.8. The van der Waals surface area contributed by atoms with Crippen molar-refractivity contribution in [2.24, 2.45) is 0 Å². The third-order valence-electron chi connectivity index (χ3n) is 7.01. The number of ether oxygens (including phenoxy) is 3. The number of hydrogen-bond acceptors (Lipinski definition) is 7. The fourth-order valence-electron chi connectivity index (χ4n) is 5.07. The summed E-state index contributed by atoms with van der Waals surface area (Å²) in [5.74, 6) is -0.684. The summed E-state index contributed by atoms with van der Waals surface area (Å²) < 4.78 is 33.9. The summed E-state index contributed by atoms with van der Waals surface area (Å²) in [6.07, 6.45) is 1.59. The van der Waals surface area contributed by atoms with Crippen molar-refractivity contribution >= 4 is 28.5 Å². The van der Waals surface area contributed by atoms with Crippen molar-refractivity contribution in [2.45, 2.75) is 31.5 Å². The highest BCUT2D eigenvalue weighted by Gasteiger charge is 2.36. The molecular formula is C29H28FN5O5. The number of benzene rings is 3. The van der Waals surface area contributed by atoms with Crippen LogP contribution in [0.25, 0.3) is 11.0 Å². The van der Waals surface area contributed by atoms with Gasteiger partial charge in [-0.1, -0.05) is 35.5 Å². The summed E-state index contributed by atoms with van der Waals surface area (Å²) in [7, 11) is 0. The molecule has 40 heavy (non-hydrogen) atoms. The second-order valence-electron chi connectivity index (χ2n) is 9.63. The van der Waals surface area contributed by atoms with E-state index in [0.717, 1.165) is 12.8 Å². The molecule has 0 aliphatic carbocycles. The highest BCUT2D eigenvalue weighted by Crippen LogP contribution is 2.37. The van der Waals surface area contributed by atoms with Crippen molar-refractivity contribution in [1.29, 1.82) is 0 Å². The lowest BCUT2D eigenvalue weighted by molar-refractivity contribution is -0.127. The highest BCUT2D eigenvalue weighted by atomic mass is 19.1. The number of amides is 2. The maximum absolute atomic E-state index is 15.3. The summed E-state index contributed by atoms with van der Waals surface area (Å²) in [4.78, 5) is 29.3. The first-order valence-corrected chi connectivity index (χ1v) is 13.2. The lowest BCUT2D eigenvalue weighted by atomic mass is 10.0. The van der Waals surface area contributed by atoms with Gasteiger partial charge in [-0.05, 0) is 43.2 Å². The molecule has 0 spiro atoms. The van der Waals surface area contributed by atoms with E-state index in [-0.39, 0.29) is 24.8 Å². The van der Waals surface area contributed by atoms with Crippen LogP contribution in [0.1, 0.15) is 24.4 Å². The summed E-state index contributed by atoms with van der Waals surface area (Å²) in [5.41, 5.74) is 1.68. The number of carbonyl (C=O) groups excluding carboxylic acids is 2. The van der Waals surface area contributed by atoms with Gasteiger partial charge >= 0.3 is 0 Å². The number of nitrogens with zero attached hydrogens (tertiary/aromatic N) is 4. The summed E-state index contributed by atoms with van der Waals surface area (Å²) in [6.45, 7) is 1.39. The number of para-hydroxylation sites is 1. The molecule has 0 saturated carbocycles. The van der Waals surface area contributed by atoms with Gasteiger partial charge < -0.3 is 19.5 Å². The van der Waals surface area contributed by atoms with Gasteiger partial charge in [-0.2, -0.15) is 0 Å². The number of fused-ring (bicyclic) bond motifs is 2. The molecule has 6 rings (SSSR count). The van der Waals surface area contributed by atoms with Crippen LogP contribution in [0.3, 0.4) is 0 Å². The van der Waals surface area contributed by atoms with Gasteiger partial charge in [-0.15, -0.1) is 5.10 Å². The second kappa shape index (κ2) is 11.3. The molecule has 2 aliphatic heterocycles. The van der Waals surface area contributed by atoms with E-state index in [2.05, 4.69) is 15.6 Å². The van der Waals surface area contributed by atoms with E-state index >= 15 is 4.39 Å². The van der Waals surface area contributed by atoms with Gasteiger partial charge in [0.2, 0.25) is 11.8 Å². The van der Waals surface area contributed by atoms with Gasteiger partial charge in [0.25, 0.3) is 0 Å². The molecule has 11 heteroatoms. The molecule has 10 nitrogen and oxygen atoms in total. The fraction of sp³-hybridized carbons (Fsp3) is 0.310. The van der Waals surface area contributed by atoms with Gasteiger partial charge in [-0.3, -0.25) is 14.5 Å². The molecule has 1 fully saturated rings. The van der Waals surface area contributed by atoms with Crippen molar-refractivity contribution in [3.8, 4) is 11.5 Å². The Morgan fingerprint density at radius 2 is 1.82 bits per heavy atom. The first-order valence-electron chi connectivity index (χ1n) is 13.2. The van der Waals surface area contributed by atoms with Crippen LogP contribution in [0.2, 0.25) is 0 Å². The van der Waals surface area contributed by atoms with Crippen molar-refractivity contribution in [2.75, 3.05) is 31.3 Å². The topological polar surface area (TPSA) is 108 Å². The summed E-state index contributed by atoms with van der Waals surface area (Å²) in [6, 6.07) is 16.9. The number of anilines is 1. The van der Waals surface area contributed by atoms with Crippen molar-refractivity contribution in [1.82, 2.24) is 20.3 Å². The molecule has 0 radical (unpaired) electrons. The zero-order chi connectivity index (χ0) is 27.5. The van der Waals surface area contributed by atoms with E-state index in [9.17, 15) is 9.59 Å². The standard InChI is InChI=1S/C29H28FN5O5/c30-22-8-2-1-7-21(22)28(29(37)31-17-20-6-5-13-38-20)35(19-11-12-25-26(16-19)40-15-14-39-25)27(36)18-34-24-10-4-3-9-23(24)32-33-34/h1-4,7-12,16,20,28H,5-6,13-15,17-18H2,(H,31,37). The van der Waals surface area contributed by atoms with Crippen LogP contribution in [0.4, 0.5) is 10.1 Å². The van der Waals surface area contributed by atoms with Crippen LogP contribution in [-0.2, 0) is 20.9 Å². The number of carbonyl (C=O) groups is 2. The number of hydrogen-bond donors (Lipinski definition) is 1. The Morgan fingerprint density at radius 1 is 1.02 bits per heavy atom. The monoisotopic (exact) mass is 545 g/mol. The third kappa shape index (κ3) is 5.20. The minimum absolute atomic E-state index is 0.0547. The molecule has 1 N–H and O–H groups in total. The average Bonchev–Trinajstić information content (AvgIpc) is 3.65. The molecule has 3 heterocycles. The van der Waals surface area contributed by atoms with E-state index in [0.29, 0.717) is 48.0 Å². The zero-order valence-corrected chi connectivity index (χ0v) is 21.7. The van der Waals surface area contributed by atoms with Gasteiger partial charge in [0.1, 0.15) is 37.1 Å². The Balaban J connectivity index is 1.42. The van der Waals surface area contributed by atoms with E-state index in [4.69, 9.17) is 14.2 Å². The number of nitrogens with one attached hydrogen (secondary N) is 1. The Bertz CT molecular complexity index is 1540. The molecule has 2 amide bonds.